The molecule has 1 unspecified atom stereocenters. The molecule has 106 valence electrons. The summed E-state index contributed by atoms with van der Waals surface area (Å²) in [7, 11) is 1.45. The average Bonchev–Trinajstić information content (AvgIpc) is 2.42. The van der Waals surface area contributed by atoms with E-state index in [1.807, 2.05) is 0 Å². The van der Waals surface area contributed by atoms with Crippen molar-refractivity contribution in [2.45, 2.75) is 12.5 Å². The molecule has 0 fully saturated rings. The van der Waals surface area contributed by atoms with Crippen LogP contribution in [0.2, 0.25) is 0 Å². The highest BCUT2D eigenvalue weighted by atomic mass is 79.9. The molecule has 1 atom stereocenters. The number of hydrogen-bond donors (Lipinski definition) is 1. The summed E-state index contributed by atoms with van der Waals surface area (Å²) in [6, 6.07) is 8.72. The summed E-state index contributed by atoms with van der Waals surface area (Å²) in [5.41, 5.74) is 0.896. The lowest BCUT2D eigenvalue weighted by Gasteiger charge is -2.13. The molecule has 0 heterocycles. The van der Waals surface area contributed by atoms with E-state index in [0.29, 0.717) is 15.8 Å². The predicted molar refractivity (Wildman–Crippen MR) is 75.7 cm³/mol. The van der Waals surface area contributed by atoms with Gasteiger partial charge in [-0.3, -0.25) is 0 Å². The molecule has 2 aromatic carbocycles. The van der Waals surface area contributed by atoms with Crippen molar-refractivity contribution in [1.29, 1.82) is 0 Å². The molecule has 0 saturated carbocycles. The van der Waals surface area contributed by atoms with Gasteiger partial charge in [-0.2, -0.15) is 0 Å². The van der Waals surface area contributed by atoms with E-state index in [1.54, 1.807) is 18.2 Å². The summed E-state index contributed by atoms with van der Waals surface area (Å²) in [6.07, 6.45) is -0.805. The van der Waals surface area contributed by atoms with Gasteiger partial charge in [-0.25, -0.2) is 8.78 Å². The van der Waals surface area contributed by atoms with Crippen LogP contribution in [-0.2, 0) is 6.42 Å². The van der Waals surface area contributed by atoms with Crippen LogP contribution in [-0.4, -0.2) is 12.2 Å². The van der Waals surface area contributed by atoms with E-state index < -0.39 is 11.9 Å². The standard InChI is InChI=1S/C15H13BrF2O2/c1-20-10-3-4-11(14(18)8-10)15(19)7-9-2-5-13(17)12(16)6-9/h2-6,8,15,19H,7H2,1H3. The fraction of sp³-hybridized carbons (Fsp3) is 0.200. The van der Waals surface area contributed by atoms with E-state index in [1.165, 1.54) is 25.3 Å². The normalized spacial score (nSPS) is 12.2. The smallest absolute Gasteiger partial charge is 0.137 e. The third-order valence-electron chi connectivity index (χ3n) is 2.98. The van der Waals surface area contributed by atoms with Crippen molar-refractivity contribution in [2.24, 2.45) is 0 Å². The highest BCUT2D eigenvalue weighted by molar-refractivity contribution is 9.10. The SMILES string of the molecule is COc1ccc(C(O)Cc2ccc(F)c(Br)c2)c(F)c1. The van der Waals surface area contributed by atoms with E-state index in [9.17, 15) is 13.9 Å². The molecule has 20 heavy (non-hydrogen) atoms. The van der Waals surface area contributed by atoms with Gasteiger partial charge >= 0.3 is 0 Å². The van der Waals surface area contributed by atoms with Gasteiger partial charge in [0.25, 0.3) is 0 Å². The number of aliphatic hydroxyl groups is 1. The fourth-order valence-electron chi connectivity index (χ4n) is 1.90. The molecule has 1 N–H and O–H groups in total. The Hall–Kier alpha value is -1.46. The Bertz CT molecular complexity index is 617. The highest BCUT2D eigenvalue weighted by Gasteiger charge is 2.15. The van der Waals surface area contributed by atoms with E-state index in [4.69, 9.17) is 4.74 Å². The molecular formula is C15H13BrF2O2. The number of benzene rings is 2. The maximum atomic E-state index is 13.8. The molecule has 2 rings (SSSR count). The van der Waals surface area contributed by atoms with Crippen LogP contribution in [0.3, 0.4) is 0 Å². The zero-order chi connectivity index (χ0) is 14.7. The molecule has 0 bridgehead atoms. The van der Waals surface area contributed by atoms with Crippen LogP contribution in [0, 0.1) is 11.6 Å². The minimum Gasteiger partial charge on any atom is -0.497 e. The molecule has 2 aromatic rings. The molecule has 0 aliphatic heterocycles. The average molecular weight is 343 g/mol. The van der Waals surface area contributed by atoms with E-state index in [-0.39, 0.29) is 17.8 Å². The second-order valence-corrected chi connectivity index (χ2v) is 5.21. The summed E-state index contributed by atoms with van der Waals surface area (Å²) in [4.78, 5) is 0. The first-order chi connectivity index (χ1) is 9.51. The van der Waals surface area contributed by atoms with Crippen LogP contribution in [0.15, 0.2) is 40.9 Å². The summed E-state index contributed by atoms with van der Waals surface area (Å²) in [6.45, 7) is 0. The van der Waals surface area contributed by atoms with Gasteiger partial charge in [-0.05, 0) is 45.8 Å². The molecule has 0 amide bonds. The number of halogens is 3. The first kappa shape index (κ1) is 14.9. The Kier molecular flexibility index (Phi) is 4.73. The zero-order valence-electron chi connectivity index (χ0n) is 10.7. The van der Waals surface area contributed by atoms with Crippen molar-refractivity contribution < 1.29 is 18.6 Å². The minimum absolute atomic E-state index is 0.186. The lowest BCUT2D eigenvalue weighted by atomic mass is 10.0. The van der Waals surface area contributed by atoms with Gasteiger partial charge in [-0.15, -0.1) is 0 Å². The van der Waals surface area contributed by atoms with Crippen LogP contribution in [0.25, 0.3) is 0 Å². The van der Waals surface area contributed by atoms with Crippen LogP contribution in [0.1, 0.15) is 17.2 Å². The summed E-state index contributed by atoms with van der Waals surface area (Å²) in [5, 5.41) is 10.1. The number of aliphatic hydroxyl groups excluding tert-OH is 1. The largest absolute Gasteiger partial charge is 0.497 e. The molecule has 5 heteroatoms. The van der Waals surface area contributed by atoms with Gasteiger partial charge < -0.3 is 9.84 Å². The molecular weight excluding hydrogens is 330 g/mol. The van der Waals surface area contributed by atoms with Gasteiger partial charge in [0.05, 0.1) is 17.7 Å². The second kappa shape index (κ2) is 6.33. The lowest BCUT2D eigenvalue weighted by Crippen LogP contribution is -2.05. The number of hydrogen-bond acceptors (Lipinski definition) is 2. The maximum Gasteiger partial charge on any atom is 0.137 e. The topological polar surface area (TPSA) is 29.5 Å². The van der Waals surface area contributed by atoms with Crippen LogP contribution >= 0.6 is 15.9 Å². The fourth-order valence-corrected chi connectivity index (χ4v) is 2.33. The molecule has 0 saturated heterocycles. The van der Waals surface area contributed by atoms with Crippen molar-refractivity contribution in [3.63, 3.8) is 0 Å². The van der Waals surface area contributed by atoms with E-state index in [2.05, 4.69) is 15.9 Å². The Morgan fingerprint density at radius 1 is 1.15 bits per heavy atom. The Morgan fingerprint density at radius 2 is 1.90 bits per heavy atom. The summed E-state index contributed by atoms with van der Waals surface area (Å²) in [5.74, 6) is -0.514. The van der Waals surface area contributed by atoms with Gasteiger partial charge in [0.1, 0.15) is 17.4 Å². The Balaban J connectivity index is 2.19. The van der Waals surface area contributed by atoms with Crippen molar-refractivity contribution in [3.05, 3.63) is 63.6 Å². The van der Waals surface area contributed by atoms with Gasteiger partial charge in [0.2, 0.25) is 0 Å². The zero-order valence-corrected chi connectivity index (χ0v) is 12.3. The Morgan fingerprint density at radius 3 is 2.50 bits per heavy atom. The quantitative estimate of drug-likeness (QED) is 0.909. The molecule has 0 radical (unpaired) electrons. The predicted octanol–water partition coefficient (Wildman–Crippen LogP) is 4.01. The molecule has 0 spiro atoms. The third kappa shape index (κ3) is 3.35. The number of rotatable bonds is 4. The number of methoxy groups -OCH3 is 1. The first-order valence-corrected chi connectivity index (χ1v) is 6.76. The van der Waals surface area contributed by atoms with Crippen LogP contribution in [0.5, 0.6) is 5.75 Å². The van der Waals surface area contributed by atoms with Crippen molar-refractivity contribution in [1.82, 2.24) is 0 Å². The molecule has 2 nitrogen and oxygen atoms in total. The van der Waals surface area contributed by atoms with E-state index in [0.717, 1.165) is 0 Å². The van der Waals surface area contributed by atoms with Crippen molar-refractivity contribution in [2.75, 3.05) is 7.11 Å². The molecule has 0 aromatic heterocycles. The number of ether oxygens (including phenoxy) is 1. The Labute approximate surface area is 124 Å². The van der Waals surface area contributed by atoms with Crippen LogP contribution < -0.4 is 4.74 Å². The highest BCUT2D eigenvalue weighted by Crippen LogP contribution is 2.26. The van der Waals surface area contributed by atoms with Crippen molar-refractivity contribution >= 4 is 15.9 Å². The van der Waals surface area contributed by atoms with Gasteiger partial charge in [0, 0.05) is 18.1 Å². The molecule has 0 aliphatic carbocycles. The summed E-state index contributed by atoms with van der Waals surface area (Å²) >= 11 is 3.08. The first-order valence-electron chi connectivity index (χ1n) is 5.96. The summed E-state index contributed by atoms with van der Waals surface area (Å²) < 4.78 is 32.2. The van der Waals surface area contributed by atoms with Gasteiger partial charge in [-0.1, -0.05) is 6.07 Å². The van der Waals surface area contributed by atoms with Crippen molar-refractivity contribution in [3.8, 4) is 5.75 Å². The minimum atomic E-state index is -1.00. The molecule has 0 aliphatic rings. The monoisotopic (exact) mass is 342 g/mol. The van der Waals surface area contributed by atoms with Gasteiger partial charge in [0.15, 0.2) is 0 Å². The third-order valence-corrected chi connectivity index (χ3v) is 3.59. The second-order valence-electron chi connectivity index (χ2n) is 4.36. The lowest BCUT2D eigenvalue weighted by molar-refractivity contribution is 0.173. The van der Waals surface area contributed by atoms with Crippen LogP contribution in [0.4, 0.5) is 8.78 Å². The van der Waals surface area contributed by atoms with E-state index >= 15 is 0 Å². The maximum absolute atomic E-state index is 13.8.